The zero-order valence-electron chi connectivity index (χ0n) is 16.3. The third-order valence-corrected chi connectivity index (χ3v) is 5.05. The Labute approximate surface area is 159 Å². The average molecular weight is 359 g/mol. The number of aryl methyl sites for hydroxylation is 1. The van der Waals surface area contributed by atoms with Gasteiger partial charge in [-0.15, -0.1) is 0 Å². The molecule has 1 aromatic carbocycles. The maximum Gasteiger partial charge on any atom is 0.119 e. The summed E-state index contributed by atoms with van der Waals surface area (Å²) < 4.78 is 7.84. The quantitative estimate of drug-likeness (QED) is 0.718. The fraction of sp³-hybridized carbons (Fsp3) is 0.304. The first-order valence-corrected chi connectivity index (χ1v) is 9.44. The van der Waals surface area contributed by atoms with Gasteiger partial charge in [-0.3, -0.25) is 4.98 Å². The van der Waals surface area contributed by atoms with Gasteiger partial charge in [0.1, 0.15) is 5.75 Å². The molecule has 1 aliphatic rings. The Morgan fingerprint density at radius 3 is 2.48 bits per heavy atom. The highest BCUT2D eigenvalue weighted by Gasteiger charge is 2.20. The Balaban J connectivity index is 1.71. The Morgan fingerprint density at radius 1 is 1.04 bits per heavy atom. The van der Waals surface area contributed by atoms with Crippen molar-refractivity contribution < 1.29 is 4.74 Å². The van der Waals surface area contributed by atoms with Crippen LogP contribution in [0.1, 0.15) is 32.4 Å². The number of rotatable bonds is 4. The molecule has 0 aliphatic heterocycles. The van der Waals surface area contributed by atoms with Crippen LogP contribution in [0.3, 0.4) is 0 Å². The predicted molar refractivity (Wildman–Crippen MR) is 109 cm³/mol. The van der Waals surface area contributed by atoms with Crippen LogP contribution in [0.15, 0.2) is 49.1 Å². The van der Waals surface area contributed by atoms with Crippen LogP contribution in [0, 0.1) is 5.92 Å². The summed E-state index contributed by atoms with van der Waals surface area (Å²) in [5.41, 5.74) is 3.31. The molecule has 0 bridgehead atoms. The summed E-state index contributed by atoms with van der Waals surface area (Å²) in [4.78, 5) is 8.97. The maximum atomic E-state index is 5.73. The van der Waals surface area contributed by atoms with Crippen LogP contribution in [-0.2, 0) is 7.05 Å². The molecular formula is C23H25N3O. The van der Waals surface area contributed by atoms with Gasteiger partial charge in [-0.25, -0.2) is 4.98 Å². The first-order valence-electron chi connectivity index (χ1n) is 9.44. The van der Waals surface area contributed by atoms with Crippen molar-refractivity contribution in [3.63, 3.8) is 0 Å². The van der Waals surface area contributed by atoms with Gasteiger partial charge in [-0.2, -0.15) is 0 Å². The number of aromatic nitrogens is 3. The van der Waals surface area contributed by atoms with Crippen molar-refractivity contribution in [3.05, 3.63) is 65.2 Å². The summed E-state index contributed by atoms with van der Waals surface area (Å²) in [6.07, 6.45) is 10.6. The summed E-state index contributed by atoms with van der Waals surface area (Å²) in [6.45, 7) is 6.31. The second-order valence-electron chi connectivity index (χ2n) is 7.54. The molecule has 0 radical (unpaired) electrons. The van der Waals surface area contributed by atoms with E-state index in [1.807, 2.05) is 44.7 Å². The number of imidazole rings is 1. The van der Waals surface area contributed by atoms with Gasteiger partial charge in [0, 0.05) is 36.6 Å². The molecule has 0 spiro atoms. The lowest BCUT2D eigenvalue weighted by Gasteiger charge is -2.21. The normalized spacial score (nSPS) is 18.6. The lowest BCUT2D eigenvalue weighted by atomic mass is 9.86. The molecule has 27 heavy (non-hydrogen) atoms. The number of pyridine rings is 1. The Morgan fingerprint density at radius 2 is 1.81 bits per heavy atom. The molecule has 0 saturated carbocycles. The molecule has 2 unspecified atom stereocenters. The first-order chi connectivity index (χ1) is 13.0. The number of hydrogen-bond acceptors (Lipinski definition) is 3. The van der Waals surface area contributed by atoms with Crippen LogP contribution in [0.25, 0.3) is 23.4 Å². The summed E-state index contributed by atoms with van der Waals surface area (Å²) in [5.74, 6) is 1.62. The lowest BCUT2D eigenvalue weighted by Crippen LogP contribution is -2.32. The Bertz CT molecular complexity index is 1060. The van der Waals surface area contributed by atoms with E-state index >= 15 is 0 Å². The monoisotopic (exact) mass is 359 g/mol. The topological polar surface area (TPSA) is 39.9 Å². The molecule has 2 heterocycles. The van der Waals surface area contributed by atoms with Crippen LogP contribution >= 0.6 is 0 Å². The van der Waals surface area contributed by atoms with E-state index in [-0.39, 0.29) is 6.10 Å². The summed E-state index contributed by atoms with van der Waals surface area (Å²) in [7, 11) is 2.05. The molecule has 4 heteroatoms. The van der Waals surface area contributed by atoms with Crippen molar-refractivity contribution in [1.29, 1.82) is 0 Å². The highest BCUT2D eigenvalue weighted by atomic mass is 16.5. The maximum absolute atomic E-state index is 5.73. The zero-order chi connectivity index (χ0) is 19.0. The lowest BCUT2D eigenvalue weighted by molar-refractivity contribution is 0.242. The standard InChI is InChI=1S/C23H25N3O/c1-15(2)27-20-7-5-17(6-8-20)22-11-18-10-21(23-13-24-14-26(23)4)16(3)9-19(18)12-25-22/h5-16,21H,1-4H3. The molecule has 0 amide bonds. The van der Waals surface area contributed by atoms with Gasteiger partial charge in [0.25, 0.3) is 0 Å². The highest BCUT2D eigenvalue weighted by Crippen LogP contribution is 2.28. The Hall–Kier alpha value is -2.88. The van der Waals surface area contributed by atoms with Crippen LogP contribution in [0.4, 0.5) is 0 Å². The Kier molecular flexibility index (Phi) is 4.56. The van der Waals surface area contributed by atoms with Crippen molar-refractivity contribution in [2.75, 3.05) is 0 Å². The molecule has 4 rings (SSSR count). The fourth-order valence-corrected chi connectivity index (χ4v) is 3.67. The number of ether oxygens (including phenoxy) is 1. The van der Waals surface area contributed by atoms with Crippen molar-refractivity contribution in [2.45, 2.75) is 32.8 Å². The number of hydrogen-bond donors (Lipinski definition) is 0. The van der Waals surface area contributed by atoms with E-state index < -0.39 is 0 Å². The van der Waals surface area contributed by atoms with Crippen molar-refractivity contribution in [1.82, 2.24) is 14.5 Å². The van der Waals surface area contributed by atoms with Crippen LogP contribution in [0.5, 0.6) is 5.75 Å². The molecule has 1 aliphatic carbocycles. The van der Waals surface area contributed by atoms with Crippen molar-refractivity contribution >= 4 is 12.2 Å². The van der Waals surface area contributed by atoms with Gasteiger partial charge in [0.15, 0.2) is 0 Å². The number of nitrogens with zero attached hydrogens (tertiary/aromatic N) is 3. The second kappa shape index (κ2) is 7.03. The van der Waals surface area contributed by atoms with E-state index in [2.05, 4.69) is 58.9 Å². The molecule has 2 aromatic heterocycles. The zero-order valence-corrected chi connectivity index (χ0v) is 16.3. The largest absolute Gasteiger partial charge is 0.491 e. The number of fused-ring (bicyclic) bond motifs is 1. The van der Waals surface area contributed by atoms with E-state index in [1.54, 1.807) is 0 Å². The van der Waals surface area contributed by atoms with Gasteiger partial charge in [0.2, 0.25) is 0 Å². The van der Waals surface area contributed by atoms with Crippen molar-refractivity contribution in [3.8, 4) is 17.0 Å². The van der Waals surface area contributed by atoms with E-state index in [9.17, 15) is 0 Å². The summed E-state index contributed by atoms with van der Waals surface area (Å²) >= 11 is 0. The van der Waals surface area contributed by atoms with E-state index in [1.165, 1.54) is 16.1 Å². The van der Waals surface area contributed by atoms with E-state index in [0.717, 1.165) is 17.0 Å². The summed E-state index contributed by atoms with van der Waals surface area (Å²) in [5, 5.41) is 2.43. The molecule has 138 valence electrons. The molecule has 0 fully saturated rings. The molecule has 3 aromatic rings. The van der Waals surface area contributed by atoms with E-state index in [4.69, 9.17) is 4.74 Å². The molecule has 0 saturated heterocycles. The molecule has 0 N–H and O–H groups in total. The van der Waals surface area contributed by atoms with Crippen molar-refractivity contribution in [2.24, 2.45) is 13.0 Å². The van der Waals surface area contributed by atoms with E-state index in [0.29, 0.717) is 11.8 Å². The minimum atomic E-state index is 0.175. The van der Waals surface area contributed by atoms with Crippen LogP contribution in [0.2, 0.25) is 0 Å². The van der Waals surface area contributed by atoms with Gasteiger partial charge < -0.3 is 9.30 Å². The first kappa shape index (κ1) is 17.5. The summed E-state index contributed by atoms with van der Waals surface area (Å²) in [6, 6.07) is 10.3. The van der Waals surface area contributed by atoms with Gasteiger partial charge in [-0.05, 0) is 60.5 Å². The molecule has 2 atom stereocenters. The minimum Gasteiger partial charge on any atom is -0.491 e. The third kappa shape index (κ3) is 3.52. The number of benzene rings is 1. The highest BCUT2D eigenvalue weighted by molar-refractivity contribution is 5.61. The smallest absolute Gasteiger partial charge is 0.119 e. The van der Waals surface area contributed by atoms with Gasteiger partial charge in [-0.1, -0.05) is 19.1 Å². The minimum absolute atomic E-state index is 0.175. The van der Waals surface area contributed by atoms with Crippen LogP contribution in [-0.4, -0.2) is 20.6 Å². The molecular weight excluding hydrogens is 334 g/mol. The third-order valence-electron chi connectivity index (χ3n) is 5.05. The molecule has 4 nitrogen and oxygen atoms in total. The second-order valence-corrected chi connectivity index (χ2v) is 7.54. The van der Waals surface area contributed by atoms with Gasteiger partial charge >= 0.3 is 0 Å². The predicted octanol–water partition coefficient (Wildman–Crippen LogP) is 3.26. The fourth-order valence-electron chi connectivity index (χ4n) is 3.67. The van der Waals surface area contributed by atoms with Crippen LogP contribution < -0.4 is 15.2 Å². The average Bonchev–Trinajstić information content (AvgIpc) is 3.07. The SMILES string of the molecule is CC(C)Oc1ccc(-c2cc3c(cn2)=CC(C)C(c2cncn2C)C=3)cc1. The van der Waals surface area contributed by atoms with Gasteiger partial charge in [0.05, 0.1) is 18.1 Å².